The fraction of sp³-hybridized carbons (Fsp3) is 0.818. The van der Waals surface area contributed by atoms with Gasteiger partial charge in [-0.05, 0) is 24.4 Å². The molecule has 0 aromatic carbocycles. The third kappa shape index (κ3) is 2.72. The Morgan fingerprint density at radius 1 is 1.31 bits per heavy atom. The van der Waals surface area contributed by atoms with Crippen molar-refractivity contribution in [1.29, 1.82) is 0 Å². The molecule has 1 aromatic heterocycles. The molecule has 5 nitrogen and oxygen atoms in total. The van der Waals surface area contributed by atoms with E-state index in [9.17, 15) is 0 Å². The number of anilines is 1. The summed E-state index contributed by atoms with van der Waals surface area (Å²) in [6.45, 7) is 12.0. The highest BCUT2D eigenvalue weighted by molar-refractivity contribution is 5.27. The van der Waals surface area contributed by atoms with Crippen LogP contribution in [0.5, 0.6) is 0 Å². The number of hydrogen-bond acceptors (Lipinski definition) is 5. The number of hydrogen-bond donors (Lipinski definition) is 1. The van der Waals surface area contributed by atoms with Gasteiger partial charge in [-0.15, -0.1) is 0 Å². The second kappa shape index (κ2) is 4.82. The van der Waals surface area contributed by atoms with Crippen LogP contribution < -0.4 is 10.6 Å². The van der Waals surface area contributed by atoms with Gasteiger partial charge in [0.2, 0.25) is 5.89 Å². The summed E-state index contributed by atoms with van der Waals surface area (Å²) in [5, 5.41) is 3.95. The van der Waals surface area contributed by atoms with Gasteiger partial charge in [0.25, 0.3) is 5.95 Å². The molecular weight excluding hydrogens is 204 g/mol. The lowest BCUT2D eigenvalue weighted by atomic mass is 9.87. The minimum atomic E-state index is -0.232. The summed E-state index contributed by atoms with van der Waals surface area (Å²) in [6.07, 6.45) is 0. The molecule has 0 aliphatic heterocycles. The molecule has 1 atom stereocenters. The summed E-state index contributed by atoms with van der Waals surface area (Å²) in [5.41, 5.74) is 5.98. The maximum Gasteiger partial charge on any atom is 0.266 e. The van der Waals surface area contributed by atoms with Gasteiger partial charge in [0.1, 0.15) is 0 Å². The zero-order valence-corrected chi connectivity index (χ0v) is 10.8. The van der Waals surface area contributed by atoms with Gasteiger partial charge in [0.15, 0.2) is 0 Å². The minimum Gasteiger partial charge on any atom is -0.339 e. The largest absolute Gasteiger partial charge is 0.339 e. The van der Waals surface area contributed by atoms with Gasteiger partial charge in [-0.2, -0.15) is 4.98 Å². The Labute approximate surface area is 97.0 Å². The minimum absolute atomic E-state index is 0.0763. The first-order chi connectivity index (χ1) is 7.40. The molecule has 1 heterocycles. The second-order valence-corrected chi connectivity index (χ2v) is 4.95. The highest BCUT2D eigenvalue weighted by Gasteiger charge is 2.28. The first-order valence-electron chi connectivity index (χ1n) is 5.74. The molecule has 1 rings (SSSR count). The fourth-order valence-corrected chi connectivity index (χ4v) is 1.36. The van der Waals surface area contributed by atoms with Gasteiger partial charge in [0, 0.05) is 13.1 Å². The van der Waals surface area contributed by atoms with Crippen LogP contribution in [0.4, 0.5) is 5.95 Å². The monoisotopic (exact) mass is 226 g/mol. The molecule has 0 saturated heterocycles. The van der Waals surface area contributed by atoms with Gasteiger partial charge >= 0.3 is 0 Å². The predicted molar refractivity (Wildman–Crippen MR) is 64.2 cm³/mol. The Bertz CT molecular complexity index is 325. The van der Waals surface area contributed by atoms with E-state index in [1.54, 1.807) is 0 Å². The summed E-state index contributed by atoms with van der Waals surface area (Å²) in [7, 11) is 0. The van der Waals surface area contributed by atoms with Crippen molar-refractivity contribution in [2.24, 2.45) is 11.1 Å². The zero-order valence-electron chi connectivity index (χ0n) is 10.8. The van der Waals surface area contributed by atoms with E-state index < -0.39 is 0 Å². The summed E-state index contributed by atoms with van der Waals surface area (Å²) < 4.78 is 5.21. The zero-order chi connectivity index (χ0) is 12.3. The molecule has 92 valence electrons. The van der Waals surface area contributed by atoms with Crippen molar-refractivity contribution in [3.05, 3.63) is 5.89 Å². The van der Waals surface area contributed by atoms with E-state index in [2.05, 4.69) is 44.8 Å². The number of rotatable bonds is 4. The molecular formula is C11H22N4O. The van der Waals surface area contributed by atoms with Crippen LogP contribution in [0.3, 0.4) is 0 Å². The molecule has 5 heteroatoms. The second-order valence-electron chi connectivity index (χ2n) is 4.95. The average molecular weight is 226 g/mol. The number of nitrogens with zero attached hydrogens (tertiary/aromatic N) is 3. The maximum absolute atomic E-state index is 6.05. The van der Waals surface area contributed by atoms with Gasteiger partial charge in [0.05, 0.1) is 6.04 Å². The van der Waals surface area contributed by atoms with E-state index in [4.69, 9.17) is 10.3 Å². The molecule has 0 spiro atoms. The highest BCUT2D eigenvalue weighted by atomic mass is 16.5. The normalized spacial score (nSPS) is 13.9. The van der Waals surface area contributed by atoms with E-state index in [1.807, 2.05) is 4.90 Å². The van der Waals surface area contributed by atoms with Gasteiger partial charge in [-0.25, -0.2) is 0 Å². The van der Waals surface area contributed by atoms with Crippen molar-refractivity contribution in [3.63, 3.8) is 0 Å². The Balaban J connectivity index is 2.86. The van der Waals surface area contributed by atoms with Crippen LogP contribution >= 0.6 is 0 Å². The van der Waals surface area contributed by atoms with Crippen LogP contribution in [0.25, 0.3) is 0 Å². The van der Waals surface area contributed by atoms with E-state index in [1.165, 1.54) is 0 Å². The van der Waals surface area contributed by atoms with Crippen LogP contribution in [0, 0.1) is 5.41 Å². The highest BCUT2D eigenvalue weighted by Crippen LogP contribution is 2.29. The Morgan fingerprint density at radius 2 is 1.88 bits per heavy atom. The smallest absolute Gasteiger partial charge is 0.266 e. The molecule has 16 heavy (non-hydrogen) atoms. The van der Waals surface area contributed by atoms with E-state index in [-0.39, 0.29) is 11.5 Å². The fourth-order valence-electron chi connectivity index (χ4n) is 1.36. The van der Waals surface area contributed by atoms with Crippen LogP contribution in [0.15, 0.2) is 4.52 Å². The third-order valence-electron chi connectivity index (χ3n) is 2.68. The first-order valence-corrected chi connectivity index (χ1v) is 5.74. The van der Waals surface area contributed by atoms with Gasteiger partial charge in [-0.1, -0.05) is 20.8 Å². The lowest BCUT2D eigenvalue weighted by Gasteiger charge is -2.23. The molecule has 0 aliphatic carbocycles. The standard InChI is InChI=1S/C11H22N4O/c1-6-15(7-2)10-13-9(16-14-10)8(12)11(3,4)5/h8H,6-7,12H2,1-5H3. The van der Waals surface area contributed by atoms with Crippen LogP contribution in [0.1, 0.15) is 46.6 Å². The van der Waals surface area contributed by atoms with Crippen LogP contribution in [-0.4, -0.2) is 23.2 Å². The van der Waals surface area contributed by atoms with Crippen molar-refractivity contribution < 1.29 is 4.52 Å². The molecule has 1 aromatic rings. The summed E-state index contributed by atoms with van der Waals surface area (Å²) >= 11 is 0. The van der Waals surface area contributed by atoms with Crippen LogP contribution in [-0.2, 0) is 0 Å². The van der Waals surface area contributed by atoms with E-state index in [0.29, 0.717) is 11.8 Å². The Kier molecular flexibility index (Phi) is 3.91. The van der Waals surface area contributed by atoms with E-state index >= 15 is 0 Å². The molecule has 1 unspecified atom stereocenters. The van der Waals surface area contributed by atoms with Gasteiger partial charge in [-0.3, -0.25) is 0 Å². The lowest BCUT2D eigenvalue weighted by molar-refractivity contribution is 0.253. The van der Waals surface area contributed by atoms with Crippen molar-refractivity contribution in [1.82, 2.24) is 10.1 Å². The van der Waals surface area contributed by atoms with Crippen molar-refractivity contribution >= 4 is 5.95 Å². The first kappa shape index (κ1) is 13.0. The SMILES string of the molecule is CCN(CC)c1noc(C(N)C(C)(C)C)n1. The topological polar surface area (TPSA) is 68.2 Å². The maximum atomic E-state index is 6.05. The summed E-state index contributed by atoms with van der Waals surface area (Å²) in [6, 6.07) is -0.232. The molecule has 0 aliphatic rings. The number of nitrogens with two attached hydrogens (primary N) is 1. The lowest BCUT2D eigenvalue weighted by Crippen LogP contribution is -2.27. The van der Waals surface area contributed by atoms with E-state index in [0.717, 1.165) is 13.1 Å². The van der Waals surface area contributed by atoms with Crippen LogP contribution in [0.2, 0.25) is 0 Å². The van der Waals surface area contributed by atoms with Gasteiger partial charge < -0.3 is 15.2 Å². The molecule has 0 amide bonds. The summed E-state index contributed by atoms with van der Waals surface area (Å²) in [4.78, 5) is 6.37. The quantitative estimate of drug-likeness (QED) is 0.850. The Hall–Kier alpha value is -1.10. The Morgan fingerprint density at radius 3 is 2.31 bits per heavy atom. The molecule has 2 N–H and O–H groups in total. The van der Waals surface area contributed by atoms with Crippen molar-refractivity contribution in [2.75, 3.05) is 18.0 Å². The molecule has 0 saturated carbocycles. The van der Waals surface area contributed by atoms with Crippen molar-refractivity contribution in [2.45, 2.75) is 40.7 Å². The summed E-state index contributed by atoms with van der Waals surface area (Å²) in [5.74, 6) is 1.13. The molecule has 0 radical (unpaired) electrons. The predicted octanol–water partition coefficient (Wildman–Crippen LogP) is 1.96. The average Bonchev–Trinajstić information content (AvgIpc) is 2.66. The number of aromatic nitrogens is 2. The third-order valence-corrected chi connectivity index (χ3v) is 2.68. The van der Waals surface area contributed by atoms with Crippen molar-refractivity contribution in [3.8, 4) is 0 Å². The molecule has 0 fully saturated rings. The molecule has 0 bridgehead atoms.